The van der Waals surface area contributed by atoms with Gasteiger partial charge in [-0.05, 0) is 162 Å². The molecule has 0 saturated carbocycles. The average Bonchev–Trinajstić information content (AvgIpc) is 1.54. The molecule has 0 saturated heterocycles. The van der Waals surface area contributed by atoms with Gasteiger partial charge >= 0.3 is 0 Å². The van der Waals surface area contributed by atoms with Gasteiger partial charge in [-0.1, -0.05) is 347 Å². The molecule has 0 aliphatic heterocycles. The molecule has 28 rings (SSSR count). The zero-order chi connectivity index (χ0) is 92.9. The molecule has 1 aliphatic rings. The Morgan fingerprint density at radius 3 is 0.879 bits per heavy atom. The summed E-state index contributed by atoms with van der Waals surface area (Å²) in [7, 11) is 0. The van der Waals surface area contributed by atoms with E-state index < -0.39 is 0 Å². The van der Waals surface area contributed by atoms with Crippen LogP contribution in [0.1, 0.15) is 25.0 Å². The van der Waals surface area contributed by atoms with Crippen molar-refractivity contribution in [3.8, 4) is 131 Å². The van der Waals surface area contributed by atoms with Gasteiger partial charge in [-0.15, -0.1) is 0 Å². The lowest BCUT2D eigenvalue weighted by molar-refractivity contribution is 0.661. The summed E-state index contributed by atoms with van der Waals surface area (Å²) in [5.74, 6) is 4.06. The van der Waals surface area contributed by atoms with Crippen molar-refractivity contribution >= 4 is 109 Å². The average molecular weight is 1790 g/mol. The zero-order valence-corrected chi connectivity index (χ0v) is 76.4. The van der Waals surface area contributed by atoms with Crippen LogP contribution in [-0.4, -0.2) is 62.7 Å². The molecule has 0 N–H and O–H groups in total. The van der Waals surface area contributed by atoms with Crippen LogP contribution in [0.15, 0.2) is 479 Å². The molecule has 0 amide bonds. The number of benzene rings is 18. The number of hydrogen-bond acceptors (Lipinski definition) is 8. The molecule has 0 bridgehead atoms. The zero-order valence-electron chi connectivity index (χ0n) is 76.4. The highest BCUT2D eigenvalue weighted by molar-refractivity contribution is 6.16. The SMILES string of the molecule is CC1(C)c2ccccc2-c2cc3c4ccccc4n(-c4ccc(-c5nc(-c6ccccc6)nc(-c6ccccc6)n5)cn4)c3cc21.c1ccc(-c2cc(-c3ccccc3)nc(-c3ccc(-n4c5ccccc5c5cc(-n6c7ccccc7c7ccccc76)ccc54)cc3)n2)cc1.c1ccc(-c2cc(-c3ccccc3)nc(-n3c4ccccc4c4cc(-n5c6ccccc6c6ccccc65)ccc43)n2)cc1. The molecule has 140 heavy (non-hydrogen) atoms. The third-order valence-corrected chi connectivity index (χ3v) is 27.6. The standard InChI is InChI=1S/C46H30N4.C41H29N5.C40H26N4/c1-3-13-31(14-4-1)40-30-41(32-15-5-2-6-16-32)48-46(47-40)33-23-25-34(26-24-33)49-44-22-12-9-19-38(44)39-29-35(27-28-45(39)49)50-42-20-10-7-17-36(42)37-18-8-11-21-43(37)50;1-41(2)33-19-11-9-17-29(33)31-23-32-30-18-10-12-20-35(30)46(36(32)24-34(31)41)37-22-21-28(25-42-37)40-44-38(26-13-5-3-6-14-26)43-39(45-40)27-15-7-4-8-16-27;1-3-13-27(14-4-1)34-26-35(28-15-5-2-6-16-28)42-40(41-34)44-38-22-12-9-19-32(38)33-25-29(23-24-39(33)44)43-36-20-10-7-17-30(36)31-18-8-11-21-37(31)43/h1-30H;3-25H,1-2H3;1-26H. The van der Waals surface area contributed by atoms with E-state index in [1.165, 1.54) is 98.3 Å². The first-order valence-electron chi connectivity index (χ1n) is 47.4. The number of rotatable bonds is 13. The lowest BCUT2D eigenvalue weighted by atomic mass is 9.82. The molecular formula is C127H85N13. The fourth-order valence-corrected chi connectivity index (χ4v) is 21.0. The number of hydrogen-bond donors (Lipinski definition) is 0. The Bertz CT molecular complexity index is 9220. The minimum Gasteiger partial charge on any atom is -0.309 e. The van der Waals surface area contributed by atoms with Crippen molar-refractivity contribution in [1.29, 1.82) is 0 Å². The second-order valence-corrected chi connectivity index (χ2v) is 36.1. The highest BCUT2D eigenvalue weighted by Crippen LogP contribution is 2.52. The predicted molar refractivity (Wildman–Crippen MR) is 574 cm³/mol. The van der Waals surface area contributed by atoms with Gasteiger partial charge in [0.2, 0.25) is 5.95 Å². The number of pyridine rings is 1. The van der Waals surface area contributed by atoms with E-state index in [1.54, 1.807) is 0 Å². The molecular weight excluding hydrogens is 1710 g/mol. The van der Waals surface area contributed by atoms with Gasteiger partial charge in [0.25, 0.3) is 0 Å². The van der Waals surface area contributed by atoms with Gasteiger partial charge in [0, 0.05) is 127 Å². The summed E-state index contributed by atoms with van der Waals surface area (Å²) in [4.78, 5) is 40.1. The van der Waals surface area contributed by atoms with E-state index in [9.17, 15) is 0 Å². The van der Waals surface area contributed by atoms with Crippen molar-refractivity contribution in [3.05, 3.63) is 491 Å². The molecule has 0 unspecified atom stereocenters. The van der Waals surface area contributed by atoms with Gasteiger partial charge < -0.3 is 13.7 Å². The highest BCUT2D eigenvalue weighted by atomic mass is 15.2. The van der Waals surface area contributed by atoms with E-state index >= 15 is 0 Å². The van der Waals surface area contributed by atoms with E-state index in [0.29, 0.717) is 29.2 Å². The third-order valence-electron chi connectivity index (χ3n) is 27.6. The summed E-state index contributed by atoms with van der Waals surface area (Å²) >= 11 is 0. The smallest absolute Gasteiger partial charge is 0.235 e. The first-order valence-corrected chi connectivity index (χ1v) is 47.4. The lowest BCUT2D eigenvalue weighted by Gasteiger charge is -2.21. The lowest BCUT2D eigenvalue weighted by Crippen LogP contribution is -2.15. The maximum absolute atomic E-state index is 5.17. The highest BCUT2D eigenvalue weighted by Gasteiger charge is 2.37. The van der Waals surface area contributed by atoms with Gasteiger partial charge in [-0.2, -0.15) is 0 Å². The molecule has 13 nitrogen and oxygen atoms in total. The van der Waals surface area contributed by atoms with Crippen LogP contribution in [0.2, 0.25) is 0 Å². The molecule has 27 aromatic rings. The van der Waals surface area contributed by atoms with E-state index in [-0.39, 0.29) is 5.41 Å². The van der Waals surface area contributed by atoms with Crippen LogP contribution in [0.25, 0.3) is 240 Å². The van der Waals surface area contributed by atoms with Crippen molar-refractivity contribution in [2.45, 2.75) is 19.3 Å². The van der Waals surface area contributed by atoms with Gasteiger partial charge in [-0.25, -0.2) is 39.9 Å². The molecule has 1 aliphatic carbocycles. The van der Waals surface area contributed by atoms with Gasteiger partial charge in [0.15, 0.2) is 23.3 Å². The van der Waals surface area contributed by atoms with Crippen LogP contribution >= 0.6 is 0 Å². The van der Waals surface area contributed by atoms with Crippen LogP contribution in [0.5, 0.6) is 0 Å². The quantitative estimate of drug-likeness (QED) is 0.112. The summed E-state index contributed by atoms with van der Waals surface area (Å²) in [6, 6.07) is 166. The topological polar surface area (TPSA) is 128 Å². The summed E-state index contributed by atoms with van der Waals surface area (Å²) in [6.07, 6.45) is 1.88. The molecule has 0 atom stereocenters. The molecule has 0 radical (unpaired) electrons. The van der Waals surface area contributed by atoms with E-state index in [2.05, 4.69) is 401 Å². The van der Waals surface area contributed by atoms with Crippen molar-refractivity contribution in [1.82, 2.24) is 62.7 Å². The maximum Gasteiger partial charge on any atom is 0.235 e. The molecule has 658 valence electrons. The van der Waals surface area contributed by atoms with Crippen molar-refractivity contribution in [3.63, 3.8) is 0 Å². The van der Waals surface area contributed by atoms with Crippen molar-refractivity contribution in [2.75, 3.05) is 0 Å². The van der Waals surface area contributed by atoms with Gasteiger partial charge in [0.05, 0.1) is 77.9 Å². The Morgan fingerprint density at radius 1 is 0.179 bits per heavy atom. The monoisotopic (exact) mass is 1790 g/mol. The normalized spacial score (nSPS) is 12.1. The molecule has 0 spiro atoms. The number of para-hydroxylation sites is 7. The Morgan fingerprint density at radius 2 is 0.471 bits per heavy atom. The van der Waals surface area contributed by atoms with Crippen LogP contribution < -0.4 is 0 Å². The Kier molecular flexibility index (Phi) is 19.9. The molecule has 18 aromatic carbocycles. The Balaban J connectivity index is 0.000000108. The third kappa shape index (κ3) is 14.2. The predicted octanol–water partition coefficient (Wildman–Crippen LogP) is 31.3. The molecule has 9 heterocycles. The molecule has 9 aromatic heterocycles. The van der Waals surface area contributed by atoms with Gasteiger partial charge in [0.1, 0.15) is 5.82 Å². The summed E-state index contributed by atoms with van der Waals surface area (Å²) in [6.45, 7) is 4.65. The van der Waals surface area contributed by atoms with E-state index in [4.69, 9.17) is 39.9 Å². The maximum atomic E-state index is 5.17. The fourth-order valence-electron chi connectivity index (χ4n) is 21.0. The summed E-state index contributed by atoms with van der Waals surface area (Å²) < 4.78 is 11.6. The van der Waals surface area contributed by atoms with Crippen LogP contribution in [0, 0.1) is 0 Å². The first kappa shape index (κ1) is 82.0. The van der Waals surface area contributed by atoms with Crippen LogP contribution in [0.4, 0.5) is 0 Å². The second-order valence-electron chi connectivity index (χ2n) is 36.1. The van der Waals surface area contributed by atoms with Crippen molar-refractivity contribution < 1.29 is 0 Å². The number of aromatic nitrogens is 13. The van der Waals surface area contributed by atoms with Gasteiger partial charge in [-0.3, -0.25) is 9.13 Å². The second kappa shape index (κ2) is 34.0. The molecule has 13 heteroatoms. The largest absolute Gasteiger partial charge is 0.309 e. The van der Waals surface area contributed by atoms with Crippen molar-refractivity contribution in [2.24, 2.45) is 0 Å². The Labute approximate surface area is 806 Å². The first-order chi connectivity index (χ1) is 69.2. The van der Waals surface area contributed by atoms with E-state index in [0.717, 1.165) is 123 Å². The number of fused-ring (bicyclic) bond motifs is 18. The fraction of sp³-hybridized carbons (Fsp3) is 0.0236. The minimum absolute atomic E-state index is 0.0930. The minimum atomic E-state index is -0.0930. The van der Waals surface area contributed by atoms with E-state index in [1.807, 2.05) is 115 Å². The summed E-state index contributed by atoms with van der Waals surface area (Å²) in [5, 5.41) is 12.2. The number of nitrogens with zero attached hydrogens (tertiary/aromatic N) is 13. The van der Waals surface area contributed by atoms with Crippen LogP contribution in [-0.2, 0) is 5.41 Å². The molecule has 0 fully saturated rings. The summed E-state index contributed by atoms with van der Waals surface area (Å²) in [5.41, 5.74) is 31.7. The van der Waals surface area contributed by atoms with Crippen LogP contribution in [0.3, 0.4) is 0 Å². The Hall–Kier alpha value is -18.7.